The highest BCUT2D eigenvalue weighted by atomic mass is 32.2. The summed E-state index contributed by atoms with van der Waals surface area (Å²) in [6.07, 6.45) is 3.20. The minimum Gasteiger partial charge on any atom is -0.366 e. The molecule has 0 saturated carbocycles. The van der Waals surface area contributed by atoms with Crippen molar-refractivity contribution in [1.29, 1.82) is 0 Å². The Bertz CT molecular complexity index is 622. The Hall–Kier alpha value is -1.44. The van der Waals surface area contributed by atoms with E-state index in [4.69, 9.17) is 5.73 Å². The monoisotopic (exact) mass is 311 g/mol. The first-order valence-corrected chi connectivity index (χ1v) is 8.52. The van der Waals surface area contributed by atoms with Crippen molar-refractivity contribution in [3.63, 3.8) is 0 Å². The first kappa shape index (κ1) is 15.9. The molecule has 1 aliphatic rings. The number of carbonyl (C=O) groups is 1. The number of nitrogens with one attached hydrogen (secondary N) is 2. The maximum absolute atomic E-state index is 12.3. The lowest BCUT2D eigenvalue weighted by atomic mass is 10.1. The molecule has 21 heavy (non-hydrogen) atoms. The second kappa shape index (κ2) is 6.55. The van der Waals surface area contributed by atoms with E-state index in [2.05, 4.69) is 10.0 Å². The van der Waals surface area contributed by atoms with Crippen LogP contribution in [-0.4, -0.2) is 33.5 Å². The number of benzene rings is 1. The number of aryl methyl sites for hydroxylation is 1. The molecule has 1 fully saturated rings. The Morgan fingerprint density at radius 3 is 2.81 bits per heavy atom. The van der Waals surface area contributed by atoms with Gasteiger partial charge in [-0.05, 0) is 44.0 Å². The molecule has 0 aliphatic carbocycles. The predicted octanol–water partition coefficient (Wildman–Crippen LogP) is 0.514. The maximum atomic E-state index is 12.3. The van der Waals surface area contributed by atoms with Gasteiger partial charge in [0.25, 0.3) is 0 Å². The van der Waals surface area contributed by atoms with E-state index in [0.717, 1.165) is 25.8 Å². The molecule has 0 radical (unpaired) electrons. The third-order valence-corrected chi connectivity index (χ3v) is 5.14. The van der Waals surface area contributed by atoms with Crippen LogP contribution in [0.3, 0.4) is 0 Å². The number of hydrogen-bond acceptors (Lipinski definition) is 4. The minimum absolute atomic E-state index is 0.0673. The third-order valence-electron chi connectivity index (χ3n) is 3.72. The van der Waals surface area contributed by atoms with Crippen molar-refractivity contribution in [2.75, 3.05) is 13.1 Å². The molecule has 1 aromatic rings. The van der Waals surface area contributed by atoms with Crippen LogP contribution in [0.5, 0.6) is 0 Å². The Morgan fingerprint density at radius 1 is 1.43 bits per heavy atom. The van der Waals surface area contributed by atoms with Crippen molar-refractivity contribution in [3.05, 3.63) is 29.3 Å². The topological polar surface area (TPSA) is 101 Å². The van der Waals surface area contributed by atoms with Crippen LogP contribution in [0.25, 0.3) is 0 Å². The molecule has 1 heterocycles. The van der Waals surface area contributed by atoms with Gasteiger partial charge in [0.15, 0.2) is 0 Å². The summed E-state index contributed by atoms with van der Waals surface area (Å²) in [7, 11) is -3.63. The average Bonchev–Trinajstić information content (AvgIpc) is 2.46. The average molecular weight is 311 g/mol. The largest absolute Gasteiger partial charge is 0.366 e. The van der Waals surface area contributed by atoms with E-state index in [1.807, 2.05) is 0 Å². The standard InChI is InChI=1S/C14H21N3O3S/c1-10-5-6-12(8-13(10)14(15)18)21(19,20)17-9-11-4-2-3-7-16-11/h5-6,8,11,16-17H,2-4,7,9H2,1H3,(H2,15,18)/t11-/m0/s1. The lowest BCUT2D eigenvalue weighted by molar-refractivity contribution is 0.0999. The van der Waals surface area contributed by atoms with Gasteiger partial charge in [0.2, 0.25) is 15.9 Å². The molecule has 0 spiro atoms. The molecule has 4 N–H and O–H groups in total. The molecule has 7 heteroatoms. The fraction of sp³-hybridized carbons (Fsp3) is 0.500. The molecule has 0 unspecified atom stereocenters. The lowest BCUT2D eigenvalue weighted by Crippen LogP contribution is -2.43. The van der Waals surface area contributed by atoms with Crippen LogP contribution in [0.15, 0.2) is 23.1 Å². The van der Waals surface area contributed by atoms with Gasteiger partial charge in [0, 0.05) is 18.2 Å². The molecule has 1 aromatic carbocycles. The van der Waals surface area contributed by atoms with Gasteiger partial charge in [-0.1, -0.05) is 12.5 Å². The van der Waals surface area contributed by atoms with Gasteiger partial charge < -0.3 is 11.1 Å². The fourth-order valence-electron chi connectivity index (χ4n) is 2.43. The van der Waals surface area contributed by atoms with Crippen LogP contribution < -0.4 is 15.8 Å². The molecular weight excluding hydrogens is 290 g/mol. The Labute approximate surface area is 125 Å². The number of nitrogens with two attached hydrogens (primary N) is 1. The number of piperidine rings is 1. The number of sulfonamides is 1. The normalized spacial score (nSPS) is 19.4. The van der Waals surface area contributed by atoms with Crippen molar-refractivity contribution in [3.8, 4) is 0 Å². The van der Waals surface area contributed by atoms with E-state index in [1.165, 1.54) is 12.1 Å². The highest BCUT2D eigenvalue weighted by Gasteiger charge is 2.19. The van der Waals surface area contributed by atoms with Gasteiger partial charge in [0.1, 0.15) is 0 Å². The molecule has 1 saturated heterocycles. The van der Waals surface area contributed by atoms with Crippen LogP contribution >= 0.6 is 0 Å². The van der Waals surface area contributed by atoms with Crippen LogP contribution in [0.1, 0.15) is 35.2 Å². The fourth-order valence-corrected chi connectivity index (χ4v) is 3.53. The van der Waals surface area contributed by atoms with Gasteiger partial charge in [-0.15, -0.1) is 0 Å². The highest BCUT2D eigenvalue weighted by Crippen LogP contribution is 2.15. The predicted molar refractivity (Wildman–Crippen MR) is 80.5 cm³/mol. The number of primary amides is 1. The van der Waals surface area contributed by atoms with Crippen LogP contribution in [0, 0.1) is 6.92 Å². The van der Waals surface area contributed by atoms with Gasteiger partial charge in [0.05, 0.1) is 4.90 Å². The number of amides is 1. The molecular formula is C14H21N3O3S. The summed E-state index contributed by atoms with van der Waals surface area (Å²) < 4.78 is 27.1. The molecule has 1 atom stereocenters. The van der Waals surface area contributed by atoms with Crippen molar-refractivity contribution in [1.82, 2.24) is 10.0 Å². The summed E-state index contributed by atoms with van der Waals surface area (Å²) in [6.45, 7) is 2.99. The summed E-state index contributed by atoms with van der Waals surface area (Å²) in [5.41, 5.74) is 6.15. The van der Waals surface area contributed by atoms with Crippen LogP contribution in [-0.2, 0) is 10.0 Å². The number of rotatable bonds is 5. The van der Waals surface area contributed by atoms with E-state index >= 15 is 0 Å². The Kier molecular flexibility index (Phi) is 4.97. The zero-order valence-corrected chi connectivity index (χ0v) is 12.9. The van der Waals surface area contributed by atoms with Crippen molar-refractivity contribution in [2.45, 2.75) is 37.1 Å². The van der Waals surface area contributed by atoms with Crippen LogP contribution in [0.2, 0.25) is 0 Å². The van der Waals surface area contributed by atoms with E-state index in [1.54, 1.807) is 13.0 Å². The van der Waals surface area contributed by atoms with E-state index in [-0.39, 0.29) is 16.5 Å². The zero-order chi connectivity index (χ0) is 15.5. The molecule has 1 aliphatic heterocycles. The van der Waals surface area contributed by atoms with Crippen LogP contribution in [0.4, 0.5) is 0 Å². The first-order chi connectivity index (χ1) is 9.90. The van der Waals surface area contributed by atoms with Gasteiger partial charge in [-0.2, -0.15) is 0 Å². The summed E-state index contributed by atoms with van der Waals surface area (Å²) in [6, 6.07) is 4.56. The summed E-state index contributed by atoms with van der Waals surface area (Å²) in [5.74, 6) is -0.626. The van der Waals surface area contributed by atoms with E-state index in [0.29, 0.717) is 12.1 Å². The number of carbonyl (C=O) groups excluding carboxylic acids is 1. The van der Waals surface area contributed by atoms with Crippen molar-refractivity contribution < 1.29 is 13.2 Å². The Balaban J connectivity index is 2.11. The summed E-state index contributed by atoms with van der Waals surface area (Å²) >= 11 is 0. The van der Waals surface area contributed by atoms with Gasteiger partial charge in [-0.25, -0.2) is 13.1 Å². The maximum Gasteiger partial charge on any atom is 0.249 e. The molecule has 0 aromatic heterocycles. The summed E-state index contributed by atoms with van der Waals surface area (Å²) in [5, 5.41) is 3.28. The first-order valence-electron chi connectivity index (χ1n) is 7.03. The summed E-state index contributed by atoms with van der Waals surface area (Å²) in [4.78, 5) is 11.4. The Morgan fingerprint density at radius 2 is 2.19 bits per heavy atom. The quantitative estimate of drug-likeness (QED) is 0.737. The number of hydrogen-bond donors (Lipinski definition) is 3. The van der Waals surface area contributed by atoms with Crippen molar-refractivity contribution >= 4 is 15.9 Å². The SMILES string of the molecule is Cc1ccc(S(=O)(=O)NC[C@@H]2CCCCN2)cc1C(N)=O. The van der Waals surface area contributed by atoms with E-state index < -0.39 is 15.9 Å². The zero-order valence-electron chi connectivity index (χ0n) is 12.1. The van der Waals surface area contributed by atoms with Gasteiger partial charge in [-0.3, -0.25) is 4.79 Å². The minimum atomic E-state index is -3.63. The van der Waals surface area contributed by atoms with E-state index in [9.17, 15) is 13.2 Å². The highest BCUT2D eigenvalue weighted by molar-refractivity contribution is 7.89. The third kappa shape index (κ3) is 4.03. The molecule has 0 bridgehead atoms. The van der Waals surface area contributed by atoms with Crippen molar-refractivity contribution in [2.24, 2.45) is 5.73 Å². The molecule has 6 nitrogen and oxygen atoms in total. The smallest absolute Gasteiger partial charge is 0.249 e. The van der Waals surface area contributed by atoms with Gasteiger partial charge >= 0.3 is 0 Å². The second-order valence-electron chi connectivity index (χ2n) is 5.34. The lowest BCUT2D eigenvalue weighted by Gasteiger charge is -2.23. The molecule has 116 valence electrons. The molecule has 1 amide bonds. The second-order valence-corrected chi connectivity index (χ2v) is 7.11. The molecule has 2 rings (SSSR count).